The second-order valence-corrected chi connectivity index (χ2v) is 4.70. The van der Waals surface area contributed by atoms with Crippen LogP contribution in [0.4, 0.5) is 0 Å². The maximum atomic E-state index is 12.2. The van der Waals surface area contributed by atoms with E-state index in [9.17, 15) is 29.4 Å². The largest absolute Gasteiger partial charge is 0.478 e. The molecule has 2 aromatic carbocycles. The number of hydrogen-bond acceptors (Lipinski definition) is 4. The monoisotopic (exact) mass is 315 g/mol. The summed E-state index contributed by atoms with van der Waals surface area (Å²) in [4.78, 5) is 46.3. The summed E-state index contributed by atoms with van der Waals surface area (Å²) in [5.41, 5.74) is -0.463. The van der Waals surface area contributed by atoms with Gasteiger partial charge < -0.3 is 15.5 Å². The van der Waals surface area contributed by atoms with E-state index in [-0.39, 0.29) is 33.0 Å². The molecule has 3 N–H and O–H groups in total. The summed E-state index contributed by atoms with van der Waals surface area (Å²) < 4.78 is 0. The number of amides is 1. The maximum absolute atomic E-state index is 12.2. The first-order valence-electron chi connectivity index (χ1n) is 6.72. The molecule has 0 aromatic heterocycles. The molecule has 118 valence electrons. The van der Waals surface area contributed by atoms with Gasteiger partial charge in [-0.05, 0) is 25.1 Å². The number of nitrogens with one attached hydrogen (secondary N) is 1. The van der Waals surface area contributed by atoms with Crippen LogP contribution in [0.3, 0.4) is 0 Å². The van der Waals surface area contributed by atoms with Crippen LogP contribution >= 0.6 is 0 Å². The summed E-state index contributed by atoms with van der Waals surface area (Å²) >= 11 is 0. The standard InChI is InChI=1S/C16H13NO6/c1-2-17-14(19)9-5-6-10(15(20)21)12-8(7-18)3-4-11(13(9)12)16(22)23/h3-7H,2H2,1H3,(H,17,19)(H,20,21)(H,22,23). The van der Waals surface area contributed by atoms with Crippen LogP contribution in [-0.4, -0.2) is 40.9 Å². The second-order valence-electron chi connectivity index (χ2n) is 4.70. The quantitative estimate of drug-likeness (QED) is 0.723. The highest BCUT2D eigenvalue weighted by Crippen LogP contribution is 2.29. The van der Waals surface area contributed by atoms with Crippen LogP contribution in [0, 0.1) is 0 Å². The van der Waals surface area contributed by atoms with Gasteiger partial charge in [0, 0.05) is 28.4 Å². The molecule has 0 bridgehead atoms. The Bertz CT molecular complexity index is 840. The van der Waals surface area contributed by atoms with Gasteiger partial charge >= 0.3 is 11.9 Å². The van der Waals surface area contributed by atoms with Crippen molar-refractivity contribution in [3.63, 3.8) is 0 Å². The molecule has 23 heavy (non-hydrogen) atoms. The van der Waals surface area contributed by atoms with Crippen molar-refractivity contribution >= 4 is 34.9 Å². The summed E-state index contributed by atoms with van der Waals surface area (Å²) in [6.07, 6.45) is 0.432. The van der Waals surface area contributed by atoms with Gasteiger partial charge in [0.15, 0.2) is 6.29 Å². The zero-order valence-corrected chi connectivity index (χ0v) is 12.1. The Morgan fingerprint density at radius 1 is 0.957 bits per heavy atom. The Morgan fingerprint density at radius 2 is 1.48 bits per heavy atom. The number of carbonyl (C=O) groups is 4. The van der Waals surface area contributed by atoms with Crippen molar-refractivity contribution in [2.75, 3.05) is 6.54 Å². The SMILES string of the molecule is CCNC(=O)c1ccc(C(=O)O)c2c(C=O)ccc(C(=O)O)c12. The maximum Gasteiger partial charge on any atom is 0.336 e. The van der Waals surface area contributed by atoms with E-state index in [2.05, 4.69) is 5.32 Å². The first kappa shape index (κ1) is 16.2. The van der Waals surface area contributed by atoms with Gasteiger partial charge in [-0.25, -0.2) is 9.59 Å². The summed E-state index contributed by atoms with van der Waals surface area (Å²) in [6, 6.07) is 4.85. The number of carbonyl (C=O) groups excluding carboxylic acids is 2. The fourth-order valence-corrected chi connectivity index (χ4v) is 2.42. The van der Waals surface area contributed by atoms with E-state index in [1.807, 2.05) is 0 Å². The highest BCUT2D eigenvalue weighted by atomic mass is 16.4. The van der Waals surface area contributed by atoms with Gasteiger partial charge in [0.25, 0.3) is 5.91 Å². The molecule has 0 aliphatic heterocycles. The van der Waals surface area contributed by atoms with Crippen LogP contribution in [0.2, 0.25) is 0 Å². The molecule has 0 saturated carbocycles. The number of carboxylic acids is 2. The Balaban J connectivity index is 3.03. The van der Waals surface area contributed by atoms with Gasteiger partial charge in [0.05, 0.1) is 11.1 Å². The van der Waals surface area contributed by atoms with Crippen molar-refractivity contribution < 1.29 is 29.4 Å². The van der Waals surface area contributed by atoms with E-state index in [1.54, 1.807) is 6.92 Å². The van der Waals surface area contributed by atoms with Crippen LogP contribution < -0.4 is 5.32 Å². The molecule has 2 rings (SSSR count). The first-order valence-corrected chi connectivity index (χ1v) is 6.72. The zero-order valence-electron chi connectivity index (χ0n) is 12.1. The van der Waals surface area contributed by atoms with Gasteiger partial charge in [0.1, 0.15) is 0 Å². The van der Waals surface area contributed by atoms with Crippen LogP contribution in [-0.2, 0) is 0 Å². The van der Waals surface area contributed by atoms with Crippen molar-refractivity contribution in [2.45, 2.75) is 6.92 Å². The Hall–Kier alpha value is -3.22. The van der Waals surface area contributed by atoms with Crippen LogP contribution in [0.1, 0.15) is 48.4 Å². The number of benzene rings is 2. The molecule has 1 amide bonds. The minimum absolute atomic E-state index is 0.00736. The molecule has 0 heterocycles. The van der Waals surface area contributed by atoms with Crippen LogP contribution in [0.25, 0.3) is 10.8 Å². The number of hydrogen-bond donors (Lipinski definition) is 3. The summed E-state index contributed by atoms with van der Waals surface area (Å²) in [6.45, 7) is 2.01. The molecule has 0 aliphatic rings. The normalized spacial score (nSPS) is 10.3. The lowest BCUT2D eigenvalue weighted by Crippen LogP contribution is -2.23. The van der Waals surface area contributed by atoms with Gasteiger partial charge in [0.2, 0.25) is 0 Å². The predicted octanol–water partition coefficient (Wildman–Crippen LogP) is 1.80. The van der Waals surface area contributed by atoms with Gasteiger partial charge in [-0.2, -0.15) is 0 Å². The summed E-state index contributed by atoms with van der Waals surface area (Å²) in [7, 11) is 0. The Morgan fingerprint density at radius 3 is 2.00 bits per heavy atom. The minimum atomic E-state index is -1.32. The molecule has 0 radical (unpaired) electrons. The van der Waals surface area contributed by atoms with Crippen molar-refractivity contribution in [2.24, 2.45) is 0 Å². The highest BCUT2D eigenvalue weighted by molar-refractivity contribution is 6.21. The Kier molecular flexibility index (Phi) is 4.40. The molecule has 7 nitrogen and oxygen atoms in total. The molecule has 0 saturated heterocycles. The van der Waals surface area contributed by atoms with E-state index in [0.717, 1.165) is 0 Å². The fraction of sp³-hybridized carbons (Fsp3) is 0.125. The van der Waals surface area contributed by atoms with Crippen molar-refractivity contribution in [3.05, 3.63) is 46.5 Å². The lowest BCUT2D eigenvalue weighted by atomic mass is 9.91. The lowest BCUT2D eigenvalue weighted by molar-refractivity contribution is 0.0686. The summed E-state index contributed by atoms with van der Waals surface area (Å²) in [5.74, 6) is -3.18. The lowest BCUT2D eigenvalue weighted by Gasteiger charge is -2.13. The molecule has 0 spiro atoms. The molecule has 2 aromatic rings. The number of carboxylic acid groups (broad SMARTS) is 2. The average Bonchev–Trinajstić information content (AvgIpc) is 2.52. The zero-order chi connectivity index (χ0) is 17.1. The van der Waals surface area contributed by atoms with Crippen molar-refractivity contribution in [1.82, 2.24) is 5.32 Å². The molecule has 0 unspecified atom stereocenters. The first-order chi connectivity index (χ1) is 10.9. The van der Waals surface area contributed by atoms with E-state index in [0.29, 0.717) is 12.8 Å². The molecule has 0 atom stereocenters. The molecule has 7 heteroatoms. The number of rotatable bonds is 5. The molecule has 0 aliphatic carbocycles. The fourth-order valence-electron chi connectivity index (χ4n) is 2.42. The van der Waals surface area contributed by atoms with Gasteiger partial charge in [-0.15, -0.1) is 0 Å². The molecule has 0 fully saturated rings. The van der Waals surface area contributed by atoms with E-state index in [1.165, 1.54) is 24.3 Å². The molecular formula is C16H13NO6. The van der Waals surface area contributed by atoms with Crippen molar-refractivity contribution in [3.8, 4) is 0 Å². The minimum Gasteiger partial charge on any atom is -0.478 e. The second kappa shape index (κ2) is 6.27. The van der Waals surface area contributed by atoms with Crippen LogP contribution in [0.5, 0.6) is 0 Å². The highest BCUT2D eigenvalue weighted by Gasteiger charge is 2.22. The van der Waals surface area contributed by atoms with E-state index in [4.69, 9.17) is 0 Å². The average molecular weight is 315 g/mol. The molecular weight excluding hydrogens is 302 g/mol. The predicted molar refractivity (Wildman–Crippen MR) is 81.3 cm³/mol. The third-order valence-electron chi connectivity index (χ3n) is 3.36. The van der Waals surface area contributed by atoms with Gasteiger partial charge in [-0.1, -0.05) is 6.07 Å². The topological polar surface area (TPSA) is 121 Å². The van der Waals surface area contributed by atoms with E-state index >= 15 is 0 Å². The van der Waals surface area contributed by atoms with Gasteiger partial charge in [-0.3, -0.25) is 9.59 Å². The number of fused-ring (bicyclic) bond motifs is 1. The number of aldehydes is 1. The smallest absolute Gasteiger partial charge is 0.336 e. The third-order valence-corrected chi connectivity index (χ3v) is 3.36. The third kappa shape index (κ3) is 2.76. The summed E-state index contributed by atoms with van der Waals surface area (Å²) in [5, 5.41) is 21.1. The number of aromatic carboxylic acids is 2. The van der Waals surface area contributed by atoms with Crippen molar-refractivity contribution in [1.29, 1.82) is 0 Å². The van der Waals surface area contributed by atoms with Crippen LogP contribution in [0.15, 0.2) is 24.3 Å². The Labute approximate surface area is 130 Å². The van der Waals surface area contributed by atoms with E-state index < -0.39 is 17.8 Å².